The number of pyridine rings is 1. The summed E-state index contributed by atoms with van der Waals surface area (Å²) in [5, 5.41) is 10.4. The minimum Gasteiger partial charge on any atom is -0.368 e. The van der Waals surface area contributed by atoms with E-state index in [2.05, 4.69) is 35.7 Å². The van der Waals surface area contributed by atoms with E-state index in [4.69, 9.17) is 5.73 Å². The third-order valence-corrected chi connectivity index (χ3v) is 4.47. The molecule has 4 aromatic heterocycles. The first kappa shape index (κ1) is 19.3. The molecule has 0 unspecified atom stereocenters. The van der Waals surface area contributed by atoms with Crippen molar-refractivity contribution >= 4 is 34.7 Å². The van der Waals surface area contributed by atoms with Crippen molar-refractivity contribution < 1.29 is 4.79 Å². The second kappa shape index (κ2) is 8.15. The number of hydrogen-bond donors (Lipinski definition) is 3. The van der Waals surface area contributed by atoms with Gasteiger partial charge >= 0.3 is 0 Å². The molecule has 4 rings (SSSR count). The highest BCUT2D eigenvalue weighted by Crippen LogP contribution is 2.20. The third-order valence-electron chi connectivity index (χ3n) is 4.47. The number of aromatic nitrogens is 7. The van der Waals surface area contributed by atoms with Crippen LogP contribution in [0, 0.1) is 6.92 Å². The third kappa shape index (κ3) is 4.04. The molecule has 0 aliphatic carbocycles. The van der Waals surface area contributed by atoms with E-state index in [1.54, 1.807) is 28.0 Å². The van der Waals surface area contributed by atoms with Gasteiger partial charge in [-0.05, 0) is 31.5 Å². The Morgan fingerprint density at radius 2 is 2.03 bits per heavy atom. The Bertz CT molecular complexity index is 1180. The van der Waals surface area contributed by atoms with E-state index >= 15 is 0 Å². The maximum absolute atomic E-state index is 12.6. The number of hydrogen-bond acceptors (Lipinski definition) is 8. The maximum atomic E-state index is 12.6. The van der Waals surface area contributed by atoms with Crippen LogP contribution in [-0.2, 0) is 24.4 Å². The molecule has 0 aliphatic rings. The Hall–Kier alpha value is -4.02. The van der Waals surface area contributed by atoms with Crippen molar-refractivity contribution in [1.82, 2.24) is 34.3 Å². The van der Waals surface area contributed by atoms with Crippen LogP contribution in [0.3, 0.4) is 0 Å². The summed E-state index contributed by atoms with van der Waals surface area (Å²) in [6, 6.07) is 5.63. The van der Waals surface area contributed by atoms with Crippen LogP contribution in [0.15, 0.2) is 36.9 Å². The molecule has 11 nitrogen and oxygen atoms in total. The van der Waals surface area contributed by atoms with E-state index < -0.39 is 0 Å². The highest BCUT2D eigenvalue weighted by molar-refractivity contribution is 5.91. The first-order chi connectivity index (χ1) is 14.5. The van der Waals surface area contributed by atoms with Crippen LogP contribution in [0.4, 0.5) is 17.6 Å². The maximum Gasteiger partial charge on any atom is 0.245 e. The minimum atomic E-state index is -0.215. The normalized spacial score (nSPS) is 11.0. The second-order valence-corrected chi connectivity index (χ2v) is 6.72. The minimum absolute atomic E-state index is 0.0324. The van der Waals surface area contributed by atoms with Gasteiger partial charge < -0.3 is 20.9 Å². The molecule has 11 heteroatoms. The number of carbonyl (C=O) groups is 1. The lowest BCUT2D eigenvalue weighted by Crippen LogP contribution is -2.20. The van der Waals surface area contributed by atoms with Crippen LogP contribution >= 0.6 is 0 Å². The molecule has 0 radical (unpaired) electrons. The number of aryl methyl sites for hydroxylation is 2. The topological polar surface area (TPSA) is 141 Å². The van der Waals surface area contributed by atoms with Crippen LogP contribution in [0.5, 0.6) is 0 Å². The smallest absolute Gasteiger partial charge is 0.245 e. The van der Waals surface area contributed by atoms with E-state index in [0.29, 0.717) is 35.9 Å². The number of nitrogen functional groups attached to an aromatic ring is 1. The molecule has 0 bridgehead atoms. The standard InChI is InChI=1S/C19H22N10O/c1-3-29-14(8-12(2)27-29)24-15(30)10-28-11-23-16-17(25-19(20)26-18(16)28)22-9-13-4-6-21-7-5-13/h4-8,11H,3,9-10H2,1-2H3,(H,24,30)(H3,20,22,25,26). The summed E-state index contributed by atoms with van der Waals surface area (Å²) >= 11 is 0. The summed E-state index contributed by atoms with van der Waals surface area (Å²) in [6.07, 6.45) is 5.00. The molecular weight excluding hydrogens is 384 g/mol. The number of nitrogens with zero attached hydrogens (tertiary/aromatic N) is 7. The van der Waals surface area contributed by atoms with E-state index in [1.165, 1.54) is 0 Å². The van der Waals surface area contributed by atoms with Gasteiger partial charge in [-0.2, -0.15) is 15.1 Å². The quantitative estimate of drug-likeness (QED) is 0.420. The fourth-order valence-corrected chi connectivity index (χ4v) is 3.11. The van der Waals surface area contributed by atoms with Crippen molar-refractivity contribution in [3.63, 3.8) is 0 Å². The van der Waals surface area contributed by atoms with Crippen LogP contribution in [0.25, 0.3) is 11.2 Å². The molecule has 0 fully saturated rings. The lowest BCUT2D eigenvalue weighted by molar-refractivity contribution is -0.116. The Morgan fingerprint density at radius 1 is 1.23 bits per heavy atom. The van der Waals surface area contributed by atoms with Gasteiger partial charge in [0.15, 0.2) is 17.0 Å². The number of nitrogens with two attached hydrogens (primary N) is 1. The lowest BCUT2D eigenvalue weighted by Gasteiger charge is -2.09. The molecule has 0 aromatic carbocycles. The molecule has 154 valence electrons. The van der Waals surface area contributed by atoms with Crippen LogP contribution in [0.1, 0.15) is 18.2 Å². The van der Waals surface area contributed by atoms with Gasteiger partial charge in [-0.3, -0.25) is 9.78 Å². The molecule has 0 saturated carbocycles. The van der Waals surface area contributed by atoms with Gasteiger partial charge in [0.25, 0.3) is 0 Å². The fourth-order valence-electron chi connectivity index (χ4n) is 3.11. The van der Waals surface area contributed by atoms with Crippen LogP contribution in [-0.4, -0.2) is 40.2 Å². The summed E-state index contributed by atoms with van der Waals surface area (Å²) in [5.41, 5.74) is 8.79. The Morgan fingerprint density at radius 3 is 2.80 bits per heavy atom. The molecule has 0 aliphatic heterocycles. The predicted octanol–water partition coefficient (Wildman–Crippen LogP) is 1.58. The van der Waals surface area contributed by atoms with Gasteiger partial charge in [0.1, 0.15) is 12.4 Å². The molecule has 4 heterocycles. The van der Waals surface area contributed by atoms with Gasteiger partial charge in [0.2, 0.25) is 11.9 Å². The van der Waals surface area contributed by atoms with Crippen LogP contribution in [0.2, 0.25) is 0 Å². The molecule has 4 N–H and O–H groups in total. The van der Waals surface area contributed by atoms with Gasteiger partial charge in [-0.1, -0.05) is 0 Å². The Balaban J connectivity index is 1.53. The summed E-state index contributed by atoms with van der Waals surface area (Å²) in [7, 11) is 0. The Labute approximate surface area is 172 Å². The summed E-state index contributed by atoms with van der Waals surface area (Å²) < 4.78 is 3.38. The lowest BCUT2D eigenvalue weighted by atomic mass is 10.3. The SMILES string of the molecule is CCn1nc(C)cc1NC(=O)Cn1cnc2c(NCc3ccncc3)nc(N)nc21. The summed E-state index contributed by atoms with van der Waals surface area (Å²) in [4.78, 5) is 29.5. The van der Waals surface area contributed by atoms with E-state index in [0.717, 1.165) is 11.3 Å². The summed E-state index contributed by atoms with van der Waals surface area (Å²) in [6.45, 7) is 5.07. The monoisotopic (exact) mass is 406 g/mol. The molecule has 1 amide bonds. The van der Waals surface area contributed by atoms with E-state index in [9.17, 15) is 4.79 Å². The van der Waals surface area contributed by atoms with E-state index in [1.807, 2.05) is 32.0 Å². The molecule has 30 heavy (non-hydrogen) atoms. The number of carbonyl (C=O) groups excluding carboxylic acids is 1. The van der Waals surface area contributed by atoms with E-state index in [-0.39, 0.29) is 18.4 Å². The van der Waals surface area contributed by atoms with Gasteiger partial charge in [0, 0.05) is 31.5 Å². The molecule has 4 aromatic rings. The molecule has 0 atom stereocenters. The van der Waals surface area contributed by atoms with Crippen LogP contribution < -0.4 is 16.4 Å². The summed E-state index contributed by atoms with van der Waals surface area (Å²) in [5.74, 6) is 1.04. The average molecular weight is 406 g/mol. The fraction of sp³-hybridized carbons (Fsp3) is 0.263. The zero-order valence-corrected chi connectivity index (χ0v) is 16.7. The van der Waals surface area contributed by atoms with Crippen molar-refractivity contribution in [3.05, 3.63) is 48.2 Å². The molecule has 0 saturated heterocycles. The second-order valence-electron chi connectivity index (χ2n) is 6.72. The highest BCUT2D eigenvalue weighted by Gasteiger charge is 2.15. The number of imidazole rings is 1. The zero-order valence-electron chi connectivity index (χ0n) is 16.7. The number of anilines is 3. The number of fused-ring (bicyclic) bond motifs is 1. The number of nitrogens with one attached hydrogen (secondary N) is 2. The van der Waals surface area contributed by atoms with Crippen molar-refractivity contribution in [1.29, 1.82) is 0 Å². The average Bonchev–Trinajstić information content (AvgIpc) is 3.29. The predicted molar refractivity (Wildman–Crippen MR) is 113 cm³/mol. The van der Waals surface area contributed by atoms with Gasteiger partial charge in [-0.25, -0.2) is 9.67 Å². The van der Waals surface area contributed by atoms with Gasteiger partial charge in [0.05, 0.1) is 12.0 Å². The molecule has 0 spiro atoms. The number of amides is 1. The first-order valence-electron chi connectivity index (χ1n) is 9.49. The van der Waals surface area contributed by atoms with Crippen molar-refractivity contribution in [2.75, 3.05) is 16.4 Å². The van der Waals surface area contributed by atoms with Crippen molar-refractivity contribution in [2.24, 2.45) is 0 Å². The largest absolute Gasteiger partial charge is 0.368 e. The first-order valence-corrected chi connectivity index (χ1v) is 9.49. The van der Waals surface area contributed by atoms with Crippen molar-refractivity contribution in [2.45, 2.75) is 33.5 Å². The number of rotatable bonds is 7. The van der Waals surface area contributed by atoms with Gasteiger partial charge in [-0.15, -0.1) is 0 Å². The Kier molecular flexibility index (Phi) is 5.24. The highest BCUT2D eigenvalue weighted by atomic mass is 16.2. The zero-order chi connectivity index (χ0) is 21.1. The van der Waals surface area contributed by atoms with Crippen molar-refractivity contribution in [3.8, 4) is 0 Å². The molecular formula is C19H22N10O.